The van der Waals surface area contributed by atoms with Crippen molar-refractivity contribution < 1.29 is 19.0 Å². The third kappa shape index (κ3) is 5.47. The van der Waals surface area contributed by atoms with Crippen LogP contribution in [0.2, 0.25) is 0 Å². The smallest absolute Gasteiger partial charge is 0.333 e. The van der Waals surface area contributed by atoms with Crippen molar-refractivity contribution in [1.82, 2.24) is 5.32 Å². The molecule has 1 rings (SSSR count). The Morgan fingerprint density at radius 2 is 1.90 bits per heavy atom. The summed E-state index contributed by atoms with van der Waals surface area (Å²) in [5, 5.41) is 3.25. The Morgan fingerprint density at radius 3 is 2.52 bits per heavy atom. The average Bonchev–Trinajstić information content (AvgIpc) is 2.53. The van der Waals surface area contributed by atoms with Crippen LogP contribution in [-0.2, 0) is 16.0 Å². The number of nitrogens with one attached hydrogen (secondary N) is 1. The second-order valence-corrected chi connectivity index (χ2v) is 4.52. The van der Waals surface area contributed by atoms with Crippen LogP contribution < -0.4 is 14.8 Å². The van der Waals surface area contributed by atoms with E-state index in [2.05, 4.69) is 10.1 Å². The van der Waals surface area contributed by atoms with Crippen LogP contribution in [0.3, 0.4) is 0 Å². The third-order valence-electron chi connectivity index (χ3n) is 3.10. The van der Waals surface area contributed by atoms with Crippen LogP contribution in [0.4, 0.5) is 0 Å². The van der Waals surface area contributed by atoms with Crippen LogP contribution in [0.15, 0.2) is 29.8 Å². The Balaban J connectivity index is 2.41. The monoisotopic (exact) mass is 293 g/mol. The molecule has 0 aromatic heterocycles. The maximum atomic E-state index is 11.2. The first-order valence-corrected chi connectivity index (χ1v) is 6.79. The van der Waals surface area contributed by atoms with Crippen molar-refractivity contribution in [2.45, 2.75) is 13.3 Å². The van der Waals surface area contributed by atoms with E-state index in [4.69, 9.17) is 9.47 Å². The van der Waals surface area contributed by atoms with Crippen LogP contribution in [0.1, 0.15) is 12.5 Å². The Bertz CT molecular complexity index is 497. The summed E-state index contributed by atoms with van der Waals surface area (Å²) < 4.78 is 15.1. The normalized spacial score (nSPS) is 11.1. The molecule has 0 aliphatic heterocycles. The van der Waals surface area contributed by atoms with Gasteiger partial charge >= 0.3 is 5.97 Å². The van der Waals surface area contributed by atoms with Crippen LogP contribution in [0, 0.1) is 0 Å². The predicted octanol–water partition coefficient (Wildman–Crippen LogP) is 1.96. The molecular formula is C16H23NO4. The summed E-state index contributed by atoms with van der Waals surface area (Å²) in [6.07, 6.45) is 2.69. The molecule has 0 spiro atoms. The summed E-state index contributed by atoms with van der Waals surface area (Å²) in [5.41, 5.74) is 1.77. The minimum absolute atomic E-state index is 0.295. The van der Waals surface area contributed by atoms with Gasteiger partial charge in [0.15, 0.2) is 11.5 Å². The highest BCUT2D eigenvalue weighted by molar-refractivity contribution is 5.87. The van der Waals surface area contributed by atoms with Crippen molar-refractivity contribution in [2.24, 2.45) is 0 Å². The first-order valence-electron chi connectivity index (χ1n) is 6.79. The number of hydrogen-bond acceptors (Lipinski definition) is 5. The molecule has 0 bridgehead atoms. The van der Waals surface area contributed by atoms with Crippen LogP contribution >= 0.6 is 0 Å². The van der Waals surface area contributed by atoms with Gasteiger partial charge in [-0.15, -0.1) is 0 Å². The zero-order valence-corrected chi connectivity index (χ0v) is 13.1. The van der Waals surface area contributed by atoms with Crippen LogP contribution in [0.5, 0.6) is 11.5 Å². The number of benzene rings is 1. The topological polar surface area (TPSA) is 56.8 Å². The lowest BCUT2D eigenvalue weighted by Crippen LogP contribution is -2.18. The molecule has 0 aliphatic rings. The minimum Gasteiger partial charge on any atom is -0.493 e. The molecule has 0 saturated carbocycles. The summed E-state index contributed by atoms with van der Waals surface area (Å²) in [4.78, 5) is 11.2. The van der Waals surface area contributed by atoms with E-state index in [1.54, 1.807) is 21.1 Å². The standard InChI is InChI=1S/C16H23NO4/c1-12(16(18)21-4)7-9-17-10-8-13-5-6-14(19-2)15(11-13)20-3/h5-7,11,17H,8-10H2,1-4H3/b12-7+. The second kappa shape index (κ2) is 9.02. The fraction of sp³-hybridized carbons (Fsp3) is 0.438. The van der Waals surface area contributed by atoms with Gasteiger partial charge in [-0.2, -0.15) is 0 Å². The fourth-order valence-electron chi connectivity index (χ4n) is 1.84. The number of rotatable bonds is 8. The maximum Gasteiger partial charge on any atom is 0.333 e. The molecule has 5 nitrogen and oxygen atoms in total. The van der Waals surface area contributed by atoms with E-state index in [1.165, 1.54) is 7.11 Å². The highest BCUT2D eigenvalue weighted by Crippen LogP contribution is 2.27. The quantitative estimate of drug-likeness (QED) is 0.451. The van der Waals surface area contributed by atoms with Crippen molar-refractivity contribution in [1.29, 1.82) is 0 Å². The lowest BCUT2D eigenvalue weighted by atomic mass is 10.1. The number of methoxy groups -OCH3 is 3. The first-order chi connectivity index (χ1) is 10.1. The number of carbonyl (C=O) groups is 1. The molecule has 21 heavy (non-hydrogen) atoms. The maximum absolute atomic E-state index is 11.2. The SMILES string of the molecule is COC(=O)/C(C)=C/CNCCc1ccc(OC)c(OC)c1. The lowest BCUT2D eigenvalue weighted by Gasteiger charge is -2.09. The Hall–Kier alpha value is -2.01. The molecule has 1 N–H and O–H groups in total. The number of carbonyl (C=O) groups excluding carboxylic acids is 1. The molecule has 0 amide bonds. The molecule has 1 aromatic rings. The van der Waals surface area contributed by atoms with Gasteiger partial charge < -0.3 is 19.5 Å². The lowest BCUT2D eigenvalue weighted by molar-refractivity contribution is -0.136. The van der Waals surface area contributed by atoms with Crippen LogP contribution in [0.25, 0.3) is 0 Å². The van der Waals surface area contributed by atoms with Gasteiger partial charge in [0.2, 0.25) is 0 Å². The summed E-state index contributed by atoms with van der Waals surface area (Å²) in [5.74, 6) is 1.17. The van der Waals surface area contributed by atoms with Crippen molar-refractivity contribution in [3.63, 3.8) is 0 Å². The zero-order chi connectivity index (χ0) is 15.7. The van der Waals surface area contributed by atoms with E-state index in [-0.39, 0.29) is 5.97 Å². The van der Waals surface area contributed by atoms with Gasteiger partial charge in [0.1, 0.15) is 0 Å². The van der Waals surface area contributed by atoms with Gasteiger partial charge in [-0.1, -0.05) is 12.1 Å². The molecule has 0 unspecified atom stereocenters. The molecule has 0 aliphatic carbocycles. The van der Waals surface area contributed by atoms with Crippen LogP contribution in [-0.4, -0.2) is 40.4 Å². The van der Waals surface area contributed by atoms with Crippen molar-refractivity contribution in [3.05, 3.63) is 35.4 Å². The second-order valence-electron chi connectivity index (χ2n) is 4.52. The number of esters is 1. The van der Waals surface area contributed by atoms with Crippen molar-refractivity contribution in [2.75, 3.05) is 34.4 Å². The molecule has 0 radical (unpaired) electrons. The largest absolute Gasteiger partial charge is 0.493 e. The first kappa shape index (κ1) is 17.0. The van der Waals surface area contributed by atoms with Crippen molar-refractivity contribution in [3.8, 4) is 11.5 Å². The molecule has 0 fully saturated rings. The van der Waals surface area contributed by atoms with Gasteiger partial charge in [-0.25, -0.2) is 4.79 Å². The molecule has 0 saturated heterocycles. The summed E-state index contributed by atoms with van der Waals surface area (Å²) in [6.45, 7) is 3.18. The highest BCUT2D eigenvalue weighted by Gasteiger charge is 2.04. The average molecular weight is 293 g/mol. The Kier molecular flexibility index (Phi) is 7.32. The third-order valence-corrected chi connectivity index (χ3v) is 3.10. The van der Waals surface area contributed by atoms with Gasteiger partial charge in [0.05, 0.1) is 21.3 Å². The van der Waals surface area contributed by atoms with E-state index in [9.17, 15) is 4.79 Å². The number of ether oxygens (including phenoxy) is 3. The molecule has 5 heteroatoms. The molecule has 0 atom stereocenters. The van der Waals surface area contributed by atoms with E-state index >= 15 is 0 Å². The highest BCUT2D eigenvalue weighted by atomic mass is 16.5. The molecule has 0 heterocycles. The van der Waals surface area contributed by atoms with Gasteiger partial charge in [-0.05, 0) is 37.6 Å². The van der Waals surface area contributed by atoms with E-state index in [1.807, 2.05) is 24.3 Å². The van der Waals surface area contributed by atoms with Gasteiger partial charge in [0.25, 0.3) is 0 Å². The molecular weight excluding hydrogens is 270 g/mol. The van der Waals surface area contributed by atoms with Crippen molar-refractivity contribution >= 4 is 5.97 Å². The van der Waals surface area contributed by atoms with Gasteiger partial charge in [-0.3, -0.25) is 0 Å². The molecule has 116 valence electrons. The predicted molar refractivity (Wildman–Crippen MR) is 81.9 cm³/mol. The summed E-state index contributed by atoms with van der Waals surface area (Å²) >= 11 is 0. The summed E-state index contributed by atoms with van der Waals surface area (Å²) in [7, 11) is 4.62. The number of hydrogen-bond donors (Lipinski definition) is 1. The van der Waals surface area contributed by atoms with E-state index in [0.29, 0.717) is 12.1 Å². The zero-order valence-electron chi connectivity index (χ0n) is 13.1. The minimum atomic E-state index is -0.295. The van der Waals surface area contributed by atoms with E-state index < -0.39 is 0 Å². The fourth-order valence-corrected chi connectivity index (χ4v) is 1.84. The Labute approximate surface area is 125 Å². The molecule has 1 aromatic carbocycles. The Morgan fingerprint density at radius 1 is 1.19 bits per heavy atom. The van der Waals surface area contributed by atoms with E-state index in [0.717, 1.165) is 30.0 Å². The summed E-state index contributed by atoms with van der Waals surface area (Å²) in [6, 6.07) is 5.88. The van der Waals surface area contributed by atoms with Gasteiger partial charge in [0, 0.05) is 12.1 Å².